The summed E-state index contributed by atoms with van der Waals surface area (Å²) < 4.78 is 16.3. The summed E-state index contributed by atoms with van der Waals surface area (Å²) in [5, 5.41) is 2.60. The van der Waals surface area contributed by atoms with Gasteiger partial charge in [0, 0.05) is 24.5 Å². The minimum absolute atomic E-state index is 0.0280. The maximum absolute atomic E-state index is 12.4. The number of likely N-dealkylation sites (tertiary alicyclic amines) is 1. The number of nitrogens with zero attached hydrogens (tertiary/aromatic N) is 2. The van der Waals surface area contributed by atoms with Crippen LogP contribution in [0.2, 0.25) is 0 Å². The molecule has 3 heterocycles. The lowest BCUT2D eigenvalue weighted by molar-refractivity contribution is 0.0719. The number of rotatable bonds is 4. The Kier molecular flexibility index (Phi) is 4.25. The molecule has 1 amide bonds. The van der Waals surface area contributed by atoms with E-state index in [0.29, 0.717) is 23.8 Å². The Bertz CT molecular complexity index is 740. The largest absolute Gasteiger partial charge is 0.486 e. The predicted molar refractivity (Wildman–Crippen MR) is 88.8 cm³/mol. The van der Waals surface area contributed by atoms with Gasteiger partial charge in [0.05, 0.1) is 0 Å². The average Bonchev–Trinajstić information content (AvgIpc) is 3.29. The molecule has 1 aromatic heterocycles. The molecule has 0 saturated carbocycles. The first-order chi connectivity index (χ1) is 11.8. The molecule has 2 aliphatic rings. The van der Waals surface area contributed by atoms with Gasteiger partial charge >= 0.3 is 0 Å². The summed E-state index contributed by atoms with van der Waals surface area (Å²) in [6.45, 7) is 2.24. The molecule has 126 valence electrons. The quantitative estimate of drug-likeness (QED) is 0.851. The highest BCUT2D eigenvalue weighted by atomic mass is 32.1. The van der Waals surface area contributed by atoms with Crippen molar-refractivity contribution in [1.82, 2.24) is 9.88 Å². The van der Waals surface area contributed by atoms with Crippen LogP contribution in [-0.2, 0) is 6.61 Å². The first kappa shape index (κ1) is 15.3. The molecule has 2 aromatic rings. The molecule has 1 saturated heterocycles. The minimum Gasteiger partial charge on any atom is -0.486 e. The van der Waals surface area contributed by atoms with Gasteiger partial charge in [0.2, 0.25) is 6.79 Å². The second-order valence-electron chi connectivity index (χ2n) is 5.78. The molecule has 0 atom stereocenters. The summed E-state index contributed by atoms with van der Waals surface area (Å²) in [4.78, 5) is 18.7. The Balaban J connectivity index is 1.37. The lowest BCUT2D eigenvalue weighted by Crippen LogP contribution is -2.35. The van der Waals surface area contributed by atoms with Gasteiger partial charge in [0.15, 0.2) is 11.5 Å². The SMILES string of the molecule is O=C(c1csc(COc2ccc3c(c2)OCO3)n1)N1CCCCC1. The van der Waals surface area contributed by atoms with Gasteiger partial charge < -0.3 is 19.1 Å². The zero-order valence-corrected chi connectivity index (χ0v) is 14.0. The maximum Gasteiger partial charge on any atom is 0.273 e. The Morgan fingerprint density at radius 1 is 1.21 bits per heavy atom. The fourth-order valence-corrected chi connectivity index (χ4v) is 3.53. The molecule has 2 aliphatic heterocycles. The summed E-state index contributed by atoms with van der Waals surface area (Å²) >= 11 is 1.45. The van der Waals surface area contributed by atoms with Crippen LogP contribution in [0.1, 0.15) is 34.8 Å². The maximum atomic E-state index is 12.4. The van der Waals surface area contributed by atoms with Gasteiger partial charge in [0.1, 0.15) is 23.1 Å². The van der Waals surface area contributed by atoms with Crippen LogP contribution in [-0.4, -0.2) is 35.7 Å². The number of hydrogen-bond acceptors (Lipinski definition) is 6. The van der Waals surface area contributed by atoms with Gasteiger partial charge in [-0.1, -0.05) is 0 Å². The fourth-order valence-electron chi connectivity index (χ4n) is 2.85. The first-order valence-corrected chi connectivity index (χ1v) is 8.94. The van der Waals surface area contributed by atoms with Crippen molar-refractivity contribution in [3.63, 3.8) is 0 Å². The van der Waals surface area contributed by atoms with Crippen molar-refractivity contribution in [3.05, 3.63) is 34.3 Å². The van der Waals surface area contributed by atoms with Crippen molar-refractivity contribution in [1.29, 1.82) is 0 Å². The molecule has 24 heavy (non-hydrogen) atoms. The van der Waals surface area contributed by atoms with Gasteiger partial charge in [-0.3, -0.25) is 4.79 Å². The summed E-state index contributed by atoms with van der Waals surface area (Å²) in [7, 11) is 0. The highest BCUT2D eigenvalue weighted by Crippen LogP contribution is 2.35. The summed E-state index contributed by atoms with van der Waals surface area (Å²) in [5.74, 6) is 2.14. The number of aromatic nitrogens is 1. The molecular weight excluding hydrogens is 328 g/mol. The Labute approximate surface area is 144 Å². The standard InChI is InChI=1S/C17H18N2O4S/c20-17(19-6-2-1-3-7-19)13-10-24-16(18-13)9-21-12-4-5-14-15(8-12)23-11-22-14/h4-5,8,10H,1-3,6-7,9,11H2. The number of amides is 1. The Morgan fingerprint density at radius 2 is 2.04 bits per heavy atom. The molecule has 0 aliphatic carbocycles. The van der Waals surface area contributed by atoms with Crippen LogP contribution in [0.5, 0.6) is 17.2 Å². The summed E-state index contributed by atoms with van der Waals surface area (Å²) in [6, 6.07) is 5.46. The molecule has 0 N–H and O–H groups in total. The van der Waals surface area contributed by atoms with Gasteiger partial charge in [-0.15, -0.1) is 11.3 Å². The topological polar surface area (TPSA) is 60.9 Å². The molecule has 0 bridgehead atoms. The monoisotopic (exact) mass is 346 g/mol. The molecule has 6 nitrogen and oxygen atoms in total. The number of fused-ring (bicyclic) bond motifs is 1. The van der Waals surface area contributed by atoms with Crippen molar-refractivity contribution in [2.75, 3.05) is 19.9 Å². The van der Waals surface area contributed by atoms with E-state index in [9.17, 15) is 4.79 Å². The van der Waals surface area contributed by atoms with E-state index in [1.807, 2.05) is 22.4 Å². The zero-order valence-electron chi connectivity index (χ0n) is 13.2. The van der Waals surface area contributed by atoms with Crippen LogP contribution < -0.4 is 14.2 Å². The van der Waals surface area contributed by atoms with Crippen molar-refractivity contribution in [2.45, 2.75) is 25.9 Å². The highest BCUT2D eigenvalue weighted by Gasteiger charge is 2.20. The molecule has 0 unspecified atom stereocenters. The van der Waals surface area contributed by atoms with Gasteiger partial charge in [-0.05, 0) is 31.4 Å². The summed E-state index contributed by atoms with van der Waals surface area (Å²) in [5.41, 5.74) is 0.520. The third-order valence-corrected chi connectivity index (χ3v) is 4.94. The molecule has 4 rings (SSSR count). The van der Waals surface area contributed by atoms with E-state index in [-0.39, 0.29) is 12.7 Å². The van der Waals surface area contributed by atoms with E-state index in [1.54, 1.807) is 6.07 Å². The van der Waals surface area contributed by atoms with Crippen molar-refractivity contribution in [3.8, 4) is 17.2 Å². The fraction of sp³-hybridized carbons (Fsp3) is 0.412. The van der Waals surface area contributed by atoms with Crippen LogP contribution >= 0.6 is 11.3 Å². The van der Waals surface area contributed by atoms with E-state index in [2.05, 4.69) is 4.98 Å². The third kappa shape index (κ3) is 3.17. The predicted octanol–water partition coefficient (Wildman–Crippen LogP) is 3.08. The zero-order chi connectivity index (χ0) is 16.4. The van der Waals surface area contributed by atoms with Gasteiger partial charge in [-0.25, -0.2) is 4.98 Å². The molecule has 0 spiro atoms. The van der Waals surface area contributed by atoms with Crippen molar-refractivity contribution < 1.29 is 19.0 Å². The van der Waals surface area contributed by atoms with Crippen LogP contribution in [0.4, 0.5) is 0 Å². The number of piperidine rings is 1. The molecule has 0 radical (unpaired) electrons. The third-order valence-electron chi connectivity index (χ3n) is 4.12. The molecule has 7 heteroatoms. The van der Waals surface area contributed by atoms with Crippen LogP contribution in [0, 0.1) is 0 Å². The van der Waals surface area contributed by atoms with Gasteiger partial charge in [-0.2, -0.15) is 0 Å². The normalized spacial score (nSPS) is 16.2. The number of carbonyl (C=O) groups excluding carboxylic acids is 1. The second kappa shape index (κ2) is 6.68. The van der Waals surface area contributed by atoms with E-state index < -0.39 is 0 Å². The smallest absolute Gasteiger partial charge is 0.273 e. The molecule has 1 aromatic carbocycles. The number of hydrogen-bond donors (Lipinski definition) is 0. The lowest BCUT2D eigenvalue weighted by atomic mass is 10.1. The number of thiazole rings is 1. The van der Waals surface area contributed by atoms with Crippen molar-refractivity contribution in [2.24, 2.45) is 0 Å². The highest BCUT2D eigenvalue weighted by molar-refractivity contribution is 7.09. The molecule has 1 fully saturated rings. The van der Waals surface area contributed by atoms with E-state index >= 15 is 0 Å². The van der Waals surface area contributed by atoms with E-state index in [0.717, 1.165) is 36.7 Å². The van der Waals surface area contributed by atoms with Crippen LogP contribution in [0.25, 0.3) is 0 Å². The average molecular weight is 346 g/mol. The Hall–Kier alpha value is -2.28. The van der Waals surface area contributed by atoms with E-state index in [1.165, 1.54) is 17.8 Å². The summed E-state index contributed by atoms with van der Waals surface area (Å²) in [6.07, 6.45) is 3.36. The number of benzene rings is 1. The van der Waals surface area contributed by atoms with Gasteiger partial charge in [0.25, 0.3) is 5.91 Å². The first-order valence-electron chi connectivity index (χ1n) is 8.06. The van der Waals surface area contributed by atoms with Crippen molar-refractivity contribution >= 4 is 17.2 Å². The van der Waals surface area contributed by atoms with Crippen LogP contribution in [0.3, 0.4) is 0 Å². The lowest BCUT2D eigenvalue weighted by Gasteiger charge is -2.25. The second-order valence-corrected chi connectivity index (χ2v) is 6.73. The molecular formula is C17H18N2O4S. The van der Waals surface area contributed by atoms with E-state index in [4.69, 9.17) is 14.2 Å². The minimum atomic E-state index is 0.0280. The number of ether oxygens (including phenoxy) is 3. The Morgan fingerprint density at radius 3 is 2.92 bits per heavy atom. The van der Waals surface area contributed by atoms with Crippen LogP contribution in [0.15, 0.2) is 23.6 Å². The number of carbonyl (C=O) groups is 1.